The van der Waals surface area contributed by atoms with Crippen molar-refractivity contribution < 1.29 is 4.79 Å². The molecule has 4 nitrogen and oxygen atoms in total. The van der Waals surface area contributed by atoms with Gasteiger partial charge in [-0.25, -0.2) is 0 Å². The van der Waals surface area contributed by atoms with E-state index in [0.717, 1.165) is 19.5 Å². The van der Waals surface area contributed by atoms with Crippen molar-refractivity contribution in [3.05, 3.63) is 29.8 Å². The van der Waals surface area contributed by atoms with Crippen molar-refractivity contribution in [3.63, 3.8) is 0 Å². The molecule has 0 radical (unpaired) electrons. The van der Waals surface area contributed by atoms with E-state index in [0.29, 0.717) is 17.2 Å². The third-order valence-electron chi connectivity index (χ3n) is 3.27. The van der Waals surface area contributed by atoms with Crippen molar-refractivity contribution >= 4 is 11.6 Å². The van der Waals surface area contributed by atoms with E-state index in [-0.39, 0.29) is 5.91 Å². The molecule has 0 atom stereocenters. The fraction of sp³-hybridized carbons (Fsp3) is 0.500. The number of carbonyl (C=O) groups is 1. The molecule has 0 spiro atoms. The van der Waals surface area contributed by atoms with Crippen LogP contribution in [0.1, 0.15) is 36.5 Å². The highest BCUT2D eigenvalue weighted by Crippen LogP contribution is 2.30. The second-order valence-electron chi connectivity index (χ2n) is 4.88. The third kappa shape index (κ3) is 3.01. The molecule has 18 heavy (non-hydrogen) atoms. The lowest BCUT2D eigenvalue weighted by atomic mass is 10.1. The van der Waals surface area contributed by atoms with Crippen molar-refractivity contribution in [3.8, 4) is 0 Å². The van der Waals surface area contributed by atoms with Crippen LogP contribution < -0.4 is 11.3 Å². The van der Waals surface area contributed by atoms with Crippen LogP contribution in [0.4, 0.5) is 5.69 Å². The third-order valence-corrected chi connectivity index (χ3v) is 3.27. The number of para-hydroxylation sites is 1. The molecule has 1 aromatic carbocycles. The first kappa shape index (κ1) is 12.9. The monoisotopic (exact) mass is 247 g/mol. The SMILES string of the molecule is CCCN(CC1CC1)C(=O)c1ccccc1NN. The number of hydrogen-bond donors (Lipinski definition) is 2. The van der Waals surface area contributed by atoms with E-state index in [1.807, 2.05) is 29.2 Å². The first-order valence-corrected chi connectivity index (χ1v) is 6.61. The Morgan fingerprint density at radius 1 is 1.44 bits per heavy atom. The Bertz CT molecular complexity index is 415. The number of nitrogen functional groups attached to an aromatic ring is 1. The van der Waals surface area contributed by atoms with Crippen LogP contribution in [0.2, 0.25) is 0 Å². The average Bonchev–Trinajstić information content (AvgIpc) is 3.21. The molecule has 1 aromatic rings. The average molecular weight is 247 g/mol. The number of hydrazine groups is 1. The van der Waals surface area contributed by atoms with E-state index >= 15 is 0 Å². The molecule has 1 saturated carbocycles. The van der Waals surface area contributed by atoms with Gasteiger partial charge in [0.2, 0.25) is 0 Å². The molecular weight excluding hydrogens is 226 g/mol. The Labute approximate surface area is 108 Å². The molecule has 1 aliphatic rings. The summed E-state index contributed by atoms with van der Waals surface area (Å²) in [5.74, 6) is 6.24. The topological polar surface area (TPSA) is 58.4 Å². The highest BCUT2D eigenvalue weighted by atomic mass is 16.2. The van der Waals surface area contributed by atoms with Crippen LogP contribution in [-0.4, -0.2) is 23.9 Å². The zero-order valence-electron chi connectivity index (χ0n) is 10.9. The van der Waals surface area contributed by atoms with Gasteiger partial charge in [-0.1, -0.05) is 19.1 Å². The minimum absolute atomic E-state index is 0.0808. The number of carbonyl (C=O) groups excluding carboxylic acids is 1. The Hall–Kier alpha value is -1.55. The molecule has 0 saturated heterocycles. The van der Waals surface area contributed by atoms with E-state index in [9.17, 15) is 4.79 Å². The normalized spacial score (nSPS) is 14.3. The predicted octanol–water partition coefficient (Wildman–Crippen LogP) is 2.23. The Balaban J connectivity index is 2.15. The maximum absolute atomic E-state index is 12.5. The van der Waals surface area contributed by atoms with Gasteiger partial charge >= 0.3 is 0 Å². The van der Waals surface area contributed by atoms with Crippen LogP contribution in [0.25, 0.3) is 0 Å². The number of anilines is 1. The molecule has 0 heterocycles. The molecule has 0 aliphatic heterocycles. The lowest BCUT2D eigenvalue weighted by Gasteiger charge is -2.23. The summed E-state index contributed by atoms with van der Waals surface area (Å²) in [4.78, 5) is 14.5. The van der Waals surface area contributed by atoms with Gasteiger partial charge in [-0.05, 0) is 37.3 Å². The standard InChI is InChI=1S/C14H21N3O/c1-2-9-17(10-11-7-8-11)14(18)12-5-3-4-6-13(12)16-15/h3-6,11,16H,2,7-10,15H2,1H3. The second kappa shape index (κ2) is 5.87. The number of rotatable bonds is 6. The van der Waals surface area contributed by atoms with Crippen LogP contribution in [0.3, 0.4) is 0 Å². The zero-order valence-corrected chi connectivity index (χ0v) is 10.9. The van der Waals surface area contributed by atoms with Crippen LogP contribution in [-0.2, 0) is 0 Å². The molecular formula is C14H21N3O. The maximum Gasteiger partial charge on any atom is 0.256 e. The van der Waals surface area contributed by atoms with E-state index < -0.39 is 0 Å². The van der Waals surface area contributed by atoms with Gasteiger partial charge in [0.15, 0.2) is 0 Å². The summed E-state index contributed by atoms with van der Waals surface area (Å²) in [5, 5.41) is 0. The number of amides is 1. The molecule has 98 valence electrons. The Kier molecular flexibility index (Phi) is 4.20. The number of hydrogen-bond acceptors (Lipinski definition) is 3. The largest absolute Gasteiger partial charge is 0.338 e. The van der Waals surface area contributed by atoms with Crippen LogP contribution >= 0.6 is 0 Å². The minimum atomic E-state index is 0.0808. The second-order valence-corrected chi connectivity index (χ2v) is 4.88. The summed E-state index contributed by atoms with van der Waals surface area (Å²) in [6.07, 6.45) is 3.49. The van der Waals surface area contributed by atoms with Crippen molar-refractivity contribution in [2.45, 2.75) is 26.2 Å². The molecule has 0 unspecified atom stereocenters. The van der Waals surface area contributed by atoms with Gasteiger partial charge in [0.1, 0.15) is 0 Å². The predicted molar refractivity (Wildman–Crippen MR) is 73.2 cm³/mol. The molecule has 1 amide bonds. The fourth-order valence-corrected chi connectivity index (χ4v) is 2.12. The van der Waals surface area contributed by atoms with Gasteiger partial charge < -0.3 is 10.3 Å². The van der Waals surface area contributed by atoms with Gasteiger partial charge in [-0.15, -0.1) is 0 Å². The van der Waals surface area contributed by atoms with E-state index in [1.165, 1.54) is 12.8 Å². The fourth-order valence-electron chi connectivity index (χ4n) is 2.12. The van der Waals surface area contributed by atoms with Gasteiger partial charge in [-0.3, -0.25) is 10.6 Å². The Morgan fingerprint density at radius 3 is 2.78 bits per heavy atom. The van der Waals surface area contributed by atoms with Crippen molar-refractivity contribution in [1.29, 1.82) is 0 Å². The van der Waals surface area contributed by atoms with Crippen molar-refractivity contribution in [2.24, 2.45) is 11.8 Å². The molecule has 1 aliphatic carbocycles. The smallest absolute Gasteiger partial charge is 0.256 e. The highest BCUT2D eigenvalue weighted by molar-refractivity contribution is 5.99. The molecule has 1 fully saturated rings. The van der Waals surface area contributed by atoms with Gasteiger partial charge in [-0.2, -0.15) is 0 Å². The number of nitrogens with two attached hydrogens (primary N) is 1. The summed E-state index contributed by atoms with van der Waals surface area (Å²) >= 11 is 0. The summed E-state index contributed by atoms with van der Waals surface area (Å²) in [5.41, 5.74) is 3.95. The molecule has 4 heteroatoms. The van der Waals surface area contributed by atoms with Gasteiger partial charge in [0, 0.05) is 13.1 Å². The highest BCUT2D eigenvalue weighted by Gasteiger charge is 2.27. The van der Waals surface area contributed by atoms with Crippen molar-refractivity contribution in [1.82, 2.24) is 4.90 Å². The molecule has 2 rings (SSSR count). The minimum Gasteiger partial charge on any atom is -0.338 e. The Morgan fingerprint density at radius 2 is 2.17 bits per heavy atom. The number of nitrogens with zero attached hydrogens (tertiary/aromatic N) is 1. The number of benzene rings is 1. The summed E-state index contributed by atoms with van der Waals surface area (Å²) in [7, 11) is 0. The molecule has 3 N–H and O–H groups in total. The summed E-state index contributed by atoms with van der Waals surface area (Å²) < 4.78 is 0. The van der Waals surface area contributed by atoms with Crippen LogP contribution in [0, 0.1) is 5.92 Å². The lowest BCUT2D eigenvalue weighted by molar-refractivity contribution is 0.0748. The summed E-state index contributed by atoms with van der Waals surface area (Å²) in [6.45, 7) is 3.79. The van der Waals surface area contributed by atoms with Crippen molar-refractivity contribution in [2.75, 3.05) is 18.5 Å². The first-order valence-electron chi connectivity index (χ1n) is 6.61. The summed E-state index contributed by atoms with van der Waals surface area (Å²) in [6, 6.07) is 7.40. The van der Waals surface area contributed by atoms with E-state index in [1.54, 1.807) is 0 Å². The maximum atomic E-state index is 12.5. The van der Waals surface area contributed by atoms with Gasteiger partial charge in [0.05, 0.1) is 11.3 Å². The van der Waals surface area contributed by atoms with E-state index in [4.69, 9.17) is 5.84 Å². The quantitative estimate of drug-likeness (QED) is 0.598. The first-order chi connectivity index (χ1) is 8.76. The lowest BCUT2D eigenvalue weighted by Crippen LogP contribution is -2.34. The zero-order chi connectivity index (χ0) is 13.0. The number of nitrogens with one attached hydrogen (secondary N) is 1. The molecule has 0 bridgehead atoms. The van der Waals surface area contributed by atoms with E-state index in [2.05, 4.69) is 12.3 Å². The van der Waals surface area contributed by atoms with Gasteiger partial charge in [0.25, 0.3) is 5.91 Å². The molecule has 0 aromatic heterocycles. The van der Waals surface area contributed by atoms with Crippen LogP contribution in [0.15, 0.2) is 24.3 Å². The van der Waals surface area contributed by atoms with Crippen LogP contribution in [0.5, 0.6) is 0 Å².